The van der Waals surface area contributed by atoms with Crippen molar-refractivity contribution in [2.75, 3.05) is 29.9 Å². The van der Waals surface area contributed by atoms with E-state index in [1.165, 1.54) is 5.56 Å². The van der Waals surface area contributed by atoms with Gasteiger partial charge in [-0.2, -0.15) is 10.2 Å². The second-order valence-corrected chi connectivity index (χ2v) is 9.58. The Balaban J connectivity index is 0.000000423. The normalized spacial score (nSPS) is 13.1. The van der Waals surface area contributed by atoms with Crippen LogP contribution in [-0.4, -0.2) is 36.3 Å². The first-order valence-electron chi connectivity index (χ1n) is 12.6. The zero-order chi connectivity index (χ0) is 28.4. The van der Waals surface area contributed by atoms with E-state index >= 15 is 0 Å². The van der Waals surface area contributed by atoms with Crippen LogP contribution >= 0.6 is 0 Å². The molecular weight excluding hydrogens is 478 g/mol. The van der Waals surface area contributed by atoms with Gasteiger partial charge in [0.15, 0.2) is 0 Å². The van der Waals surface area contributed by atoms with E-state index in [1.54, 1.807) is 16.7 Å². The minimum atomic E-state index is -0.202. The maximum Gasteiger partial charge on any atom is 0.329 e. The van der Waals surface area contributed by atoms with Gasteiger partial charge in [-0.3, -0.25) is 9.80 Å². The summed E-state index contributed by atoms with van der Waals surface area (Å²) in [5, 5.41) is 14.7. The number of nitroso groups, excluding NO2 is 1. The topological polar surface area (TPSA) is 106 Å². The first kappa shape index (κ1) is 30.0. The van der Waals surface area contributed by atoms with Crippen LogP contribution in [-0.2, 0) is 4.79 Å². The number of allylic oxidation sites excluding steroid dienone is 1. The highest BCUT2D eigenvalue weighted by atomic mass is 16.3. The Kier molecular flexibility index (Phi) is 11.0. The van der Waals surface area contributed by atoms with Gasteiger partial charge in [0.1, 0.15) is 5.78 Å². The Hall–Kier alpha value is -4.25. The number of ketones is 1. The molecule has 3 rings (SSSR count). The summed E-state index contributed by atoms with van der Waals surface area (Å²) in [6, 6.07) is 13.4. The number of hydrogen-bond acceptors (Lipinski definition) is 6. The number of anilines is 2. The van der Waals surface area contributed by atoms with Crippen LogP contribution < -0.4 is 10.2 Å². The number of fused-ring (bicyclic) bond motifs is 1. The molecule has 1 heterocycles. The van der Waals surface area contributed by atoms with Crippen LogP contribution in [0.1, 0.15) is 55.9 Å². The molecule has 2 aromatic rings. The highest BCUT2D eigenvalue weighted by molar-refractivity contribution is 6.04. The van der Waals surface area contributed by atoms with E-state index in [9.17, 15) is 14.5 Å². The molecule has 0 radical (unpaired) electrons. The number of nitrogens with zero attached hydrogens (tertiary/aromatic N) is 4. The molecule has 1 unspecified atom stereocenters. The van der Waals surface area contributed by atoms with Crippen molar-refractivity contribution in [1.29, 1.82) is 5.26 Å². The fraction of sp³-hybridized carbons (Fsp3) is 0.367. The lowest BCUT2D eigenvalue weighted by Crippen LogP contribution is -2.47. The summed E-state index contributed by atoms with van der Waals surface area (Å²) in [4.78, 5) is 37.7. The predicted molar refractivity (Wildman–Crippen MR) is 154 cm³/mol. The molecule has 200 valence electrons. The van der Waals surface area contributed by atoms with Gasteiger partial charge < -0.3 is 10.1 Å². The van der Waals surface area contributed by atoms with Crippen molar-refractivity contribution in [3.05, 3.63) is 82.4 Å². The molecule has 0 fully saturated rings. The summed E-state index contributed by atoms with van der Waals surface area (Å²) < 4.78 is 0. The second-order valence-electron chi connectivity index (χ2n) is 9.58. The van der Waals surface area contributed by atoms with Crippen molar-refractivity contribution in [3.8, 4) is 6.07 Å². The molecule has 8 heteroatoms. The molecule has 1 atom stereocenters. The Morgan fingerprint density at radius 2 is 1.87 bits per heavy atom. The van der Waals surface area contributed by atoms with Crippen LogP contribution in [0.5, 0.6) is 0 Å². The van der Waals surface area contributed by atoms with Gasteiger partial charge in [0.25, 0.3) is 0 Å². The fourth-order valence-corrected chi connectivity index (χ4v) is 4.45. The third-order valence-corrected chi connectivity index (χ3v) is 6.17. The maximum atomic E-state index is 12.7. The van der Waals surface area contributed by atoms with E-state index in [-0.39, 0.29) is 30.8 Å². The van der Waals surface area contributed by atoms with Crippen LogP contribution in [0.2, 0.25) is 0 Å². The summed E-state index contributed by atoms with van der Waals surface area (Å²) in [6.07, 6.45) is 1.21. The van der Waals surface area contributed by atoms with Crippen LogP contribution in [0, 0.1) is 36.0 Å². The number of aryl methyl sites for hydroxylation is 2. The molecular formula is C30H37N5O3. The summed E-state index contributed by atoms with van der Waals surface area (Å²) in [5.74, 6) is 0.379. The van der Waals surface area contributed by atoms with Crippen molar-refractivity contribution in [2.45, 2.75) is 47.5 Å². The van der Waals surface area contributed by atoms with Gasteiger partial charge in [-0.1, -0.05) is 43.0 Å². The number of carbonyl (C=O) groups excluding carboxylic acids is 2. The quantitative estimate of drug-likeness (QED) is 0.351. The third kappa shape index (κ3) is 7.87. The molecule has 0 saturated heterocycles. The Bertz CT molecular complexity index is 1260. The molecule has 2 aromatic carbocycles. The second kappa shape index (κ2) is 13.9. The van der Waals surface area contributed by atoms with Gasteiger partial charge >= 0.3 is 6.03 Å². The predicted octanol–water partition coefficient (Wildman–Crippen LogP) is 6.79. The molecule has 0 saturated carbocycles. The lowest BCUT2D eigenvalue weighted by Gasteiger charge is -2.37. The molecule has 1 N–H and O–H groups in total. The van der Waals surface area contributed by atoms with Crippen molar-refractivity contribution in [2.24, 2.45) is 11.1 Å². The summed E-state index contributed by atoms with van der Waals surface area (Å²) >= 11 is 0. The molecule has 0 bridgehead atoms. The highest BCUT2D eigenvalue weighted by Gasteiger charge is 2.32. The fourth-order valence-electron chi connectivity index (χ4n) is 4.45. The third-order valence-electron chi connectivity index (χ3n) is 6.17. The van der Waals surface area contributed by atoms with Gasteiger partial charge in [0.05, 0.1) is 30.4 Å². The summed E-state index contributed by atoms with van der Waals surface area (Å²) in [5.41, 5.74) is 6.84. The van der Waals surface area contributed by atoms with Crippen LogP contribution in [0.15, 0.2) is 60.4 Å². The average molecular weight is 516 g/mol. The number of nitrogens with one attached hydrogen (secondary N) is 1. The Labute approximate surface area is 225 Å². The van der Waals surface area contributed by atoms with E-state index in [4.69, 9.17) is 5.26 Å². The van der Waals surface area contributed by atoms with Crippen molar-refractivity contribution in [3.63, 3.8) is 0 Å². The summed E-state index contributed by atoms with van der Waals surface area (Å²) in [7, 11) is 0. The van der Waals surface area contributed by atoms with Crippen LogP contribution in [0.3, 0.4) is 0 Å². The number of amides is 2. The smallest absolute Gasteiger partial charge is 0.329 e. The zero-order valence-corrected chi connectivity index (χ0v) is 23.0. The Morgan fingerprint density at radius 1 is 1.16 bits per heavy atom. The van der Waals surface area contributed by atoms with Crippen LogP contribution in [0.25, 0.3) is 5.70 Å². The standard InChI is InChI=1S/C21H28N4O3.C9H9N/c1-6-24-17(5)19-13-18(23-15(3)11-14(2)12-16(4)26)7-8-20(19)25(21(24)27)10-9-22-28;1-7-3-4-9(6-10)8(2)5-7/h7-8,13-14,23H,3,5-6,9-12H2,1-2,4H3;3-5H,1-2H3. The van der Waals surface area contributed by atoms with E-state index in [2.05, 4.69) is 29.7 Å². The average Bonchev–Trinajstić information content (AvgIpc) is 2.84. The van der Waals surface area contributed by atoms with Crippen molar-refractivity contribution < 1.29 is 9.59 Å². The minimum absolute atomic E-state index is 0.0278. The first-order chi connectivity index (χ1) is 18.0. The van der Waals surface area contributed by atoms with Gasteiger partial charge in [-0.15, -0.1) is 0 Å². The number of carbonyl (C=O) groups is 2. The Morgan fingerprint density at radius 3 is 2.45 bits per heavy atom. The number of rotatable bonds is 10. The zero-order valence-electron chi connectivity index (χ0n) is 23.0. The molecule has 38 heavy (non-hydrogen) atoms. The lowest BCUT2D eigenvalue weighted by molar-refractivity contribution is -0.117. The van der Waals surface area contributed by atoms with Gasteiger partial charge in [-0.25, -0.2) is 4.79 Å². The van der Waals surface area contributed by atoms with E-state index in [1.807, 2.05) is 64.1 Å². The molecule has 0 aromatic heterocycles. The SMILES string of the molecule is C=C(CC(C)CC(C)=O)Nc1ccc2c(c1)C(=C)N(CC)C(=O)N2CCN=O.Cc1ccc(C#N)c(C)c1. The molecule has 1 aliphatic rings. The number of benzene rings is 2. The monoisotopic (exact) mass is 515 g/mol. The van der Waals surface area contributed by atoms with Crippen molar-refractivity contribution >= 4 is 28.9 Å². The van der Waals surface area contributed by atoms with Crippen molar-refractivity contribution in [1.82, 2.24) is 4.90 Å². The number of hydrogen-bond donors (Lipinski definition) is 1. The first-order valence-corrected chi connectivity index (χ1v) is 12.6. The molecule has 0 spiro atoms. The molecule has 8 nitrogen and oxygen atoms in total. The minimum Gasteiger partial charge on any atom is -0.359 e. The van der Waals surface area contributed by atoms with E-state index in [0.29, 0.717) is 30.8 Å². The number of Topliss-reactive ketones (excluding diaryl/α,β-unsaturated/α-hetero) is 1. The number of nitriles is 1. The summed E-state index contributed by atoms with van der Waals surface area (Å²) in [6.45, 7) is 18.3. The van der Waals surface area contributed by atoms with Crippen LogP contribution in [0.4, 0.5) is 16.2 Å². The van der Waals surface area contributed by atoms with Gasteiger partial charge in [0, 0.05) is 35.6 Å². The van der Waals surface area contributed by atoms with Gasteiger partial charge in [0.2, 0.25) is 0 Å². The van der Waals surface area contributed by atoms with E-state index in [0.717, 1.165) is 28.1 Å². The molecule has 0 aliphatic carbocycles. The molecule has 1 aliphatic heterocycles. The molecule has 2 amide bonds. The maximum absolute atomic E-state index is 12.7. The lowest BCUT2D eigenvalue weighted by atomic mass is 9.99. The van der Waals surface area contributed by atoms with Gasteiger partial charge in [-0.05, 0) is 69.9 Å². The number of urea groups is 1. The largest absolute Gasteiger partial charge is 0.359 e. The highest BCUT2D eigenvalue weighted by Crippen LogP contribution is 2.37. The van der Waals surface area contributed by atoms with E-state index < -0.39 is 0 Å².